The lowest BCUT2D eigenvalue weighted by Gasteiger charge is -2.40. The number of nitrogens with one attached hydrogen (secondary N) is 1. The zero-order valence-electron chi connectivity index (χ0n) is 9.19. The Labute approximate surface area is 89.4 Å². The molecule has 1 aliphatic rings. The fourth-order valence-electron chi connectivity index (χ4n) is 1.66. The average Bonchev–Trinajstić information content (AvgIpc) is 2.11. The van der Waals surface area contributed by atoms with Gasteiger partial charge in [0.15, 0.2) is 0 Å². The van der Waals surface area contributed by atoms with Gasteiger partial charge in [-0.15, -0.1) is 0 Å². The summed E-state index contributed by atoms with van der Waals surface area (Å²) in [6, 6.07) is -0.777. The highest BCUT2D eigenvalue weighted by Gasteiger charge is 2.33. The predicted octanol–water partition coefficient (Wildman–Crippen LogP) is -0.648. The molecule has 2 amide bonds. The van der Waals surface area contributed by atoms with Crippen molar-refractivity contribution in [2.75, 3.05) is 19.7 Å². The molecule has 1 unspecified atom stereocenters. The summed E-state index contributed by atoms with van der Waals surface area (Å²) in [4.78, 5) is 24.2. The van der Waals surface area contributed by atoms with Crippen LogP contribution in [0.3, 0.4) is 0 Å². The van der Waals surface area contributed by atoms with Gasteiger partial charge in [0.1, 0.15) is 6.04 Å². The molecule has 0 aromatic rings. The van der Waals surface area contributed by atoms with E-state index >= 15 is 0 Å². The summed E-state index contributed by atoms with van der Waals surface area (Å²) in [6.45, 7) is 4.56. The largest absolute Gasteiger partial charge is 0.394 e. The first-order valence-corrected chi connectivity index (χ1v) is 5.25. The van der Waals surface area contributed by atoms with Crippen LogP contribution in [-0.2, 0) is 9.59 Å². The van der Waals surface area contributed by atoms with Gasteiger partial charge in [0.05, 0.1) is 6.61 Å². The summed E-state index contributed by atoms with van der Waals surface area (Å²) in [7, 11) is 0. The molecule has 0 bridgehead atoms. The molecule has 1 fully saturated rings. The molecule has 0 aromatic carbocycles. The van der Waals surface area contributed by atoms with Gasteiger partial charge in [0, 0.05) is 20.0 Å². The highest BCUT2D eigenvalue weighted by molar-refractivity contribution is 5.87. The number of likely N-dealkylation sites (tertiary alicyclic amines) is 1. The third kappa shape index (κ3) is 2.92. The number of hydrogen-bond acceptors (Lipinski definition) is 3. The highest BCUT2D eigenvalue weighted by atomic mass is 16.3. The normalized spacial score (nSPS) is 18.2. The standard InChI is InChI=1S/C10H18N2O3/c1-3-8-4-12(5-8)10(15)9(6-13)11-7(2)14/h8-9,13H,3-6H2,1-2H3,(H,11,14). The number of carbonyl (C=O) groups excluding carboxylic acids is 2. The lowest BCUT2D eigenvalue weighted by molar-refractivity contribution is -0.142. The lowest BCUT2D eigenvalue weighted by atomic mass is 9.96. The Morgan fingerprint density at radius 3 is 2.53 bits per heavy atom. The number of nitrogens with zero attached hydrogens (tertiary/aromatic N) is 1. The lowest BCUT2D eigenvalue weighted by Crippen LogP contribution is -2.57. The van der Waals surface area contributed by atoms with Gasteiger partial charge < -0.3 is 15.3 Å². The van der Waals surface area contributed by atoms with Gasteiger partial charge in [-0.2, -0.15) is 0 Å². The van der Waals surface area contributed by atoms with Crippen molar-refractivity contribution in [1.82, 2.24) is 10.2 Å². The van der Waals surface area contributed by atoms with Crippen molar-refractivity contribution >= 4 is 11.8 Å². The first kappa shape index (κ1) is 12.0. The summed E-state index contributed by atoms with van der Waals surface area (Å²) in [6.07, 6.45) is 1.06. The second-order valence-corrected chi connectivity index (χ2v) is 3.95. The smallest absolute Gasteiger partial charge is 0.247 e. The van der Waals surface area contributed by atoms with E-state index in [1.54, 1.807) is 4.90 Å². The molecule has 5 nitrogen and oxygen atoms in total. The first-order valence-electron chi connectivity index (χ1n) is 5.25. The maximum atomic E-state index is 11.7. The Morgan fingerprint density at radius 2 is 2.13 bits per heavy atom. The molecule has 1 rings (SSSR count). The van der Waals surface area contributed by atoms with E-state index in [9.17, 15) is 9.59 Å². The van der Waals surface area contributed by atoms with Crippen LogP contribution in [0.5, 0.6) is 0 Å². The monoisotopic (exact) mass is 214 g/mol. The van der Waals surface area contributed by atoms with E-state index in [0.717, 1.165) is 19.5 Å². The number of rotatable bonds is 4. The quantitative estimate of drug-likeness (QED) is 0.653. The summed E-state index contributed by atoms with van der Waals surface area (Å²) in [5, 5.41) is 11.4. The molecular weight excluding hydrogens is 196 g/mol. The summed E-state index contributed by atoms with van der Waals surface area (Å²) in [5.41, 5.74) is 0. The number of hydrogen-bond donors (Lipinski definition) is 2. The minimum absolute atomic E-state index is 0.183. The van der Waals surface area contributed by atoms with Gasteiger partial charge in [-0.05, 0) is 12.3 Å². The van der Waals surface area contributed by atoms with Gasteiger partial charge in [-0.3, -0.25) is 9.59 Å². The molecule has 1 saturated heterocycles. The van der Waals surface area contributed by atoms with E-state index in [2.05, 4.69) is 12.2 Å². The molecule has 86 valence electrons. The minimum Gasteiger partial charge on any atom is -0.394 e. The number of aliphatic hydroxyl groups excluding tert-OH is 1. The van der Waals surface area contributed by atoms with Crippen molar-refractivity contribution < 1.29 is 14.7 Å². The van der Waals surface area contributed by atoms with E-state index in [1.165, 1.54) is 6.92 Å². The molecular formula is C10H18N2O3. The average molecular weight is 214 g/mol. The van der Waals surface area contributed by atoms with Crippen molar-refractivity contribution in [3.63, 3.8) is 0 Å². The van der Waals surface area contributed by atoms with E-state index in [4.69, 9.17) is 5.11 Å². The van der Waals surface area contributed by atoms with Gasteiger partial charge in [0.25, 0.3) is 0 Å². The predicted molar refractivity (Wildman–Crippen MR) is 55.1 cm³/mol. The Morgan fingerprint density at radius 1 is 1.53 bits per heavy atom. The zero-order chi connectivity index (χ0) is 11.4. The summed E-state index contributed by atoms with van der Waals surface area (Å²) in [5.74, 6) is 0.0954. The van der Waals surface area contributed by atoms with Crippen molar-refractivity contribution in [1.29, 1.82) is 0 Å². The Balaban J connectivity index is 2.41. The molecule has 1 heterocycles. The van der Waals surface area contributed by atoms with Crippen LogP contribution in [0.1, 0.15) is 20.3 Å². The van der Waals surface area contributed by atoms with Crippen molar-refractivity contribution in [2.24, 2.45) is 5.92 Å². The van der Waals surface area contributed by atoms with Crippen molar-refractivity contribution in [3.8, 4) is 0 Å². The molecule has 1 atom stereocenters. The van der Waals surface area contributed by atoms with Gasteiger partial charge in [0.2, 0.25) is 11.8 Å². The fraction of sp³-hybridized carbons (Fsp3) is 0.800. The molecule has 0 aliphatic carbocycles. The molecule has 1 aliphatic heterocycles. The minimum atomic E-state index is -0.777. The number of carbonyl (C=O) groups is 2. The fourth-order valence-corrected chi connectivity index (χ4v) is 1.66. The SMILES string of the molecule is CCC1CN(C(=O)C(CO)NC(C)=O)C1. The third-order valence-corrected chi connectivity index (χ3v) is 2.70. The Bertz CT molecular complexity index is 249. The topological polar surface area (TPSA) is 69.6 Å². The van der Waals surface area contributed by atoms with Gasteiger partial charge in [-0.25, -0.2) is 0 Å². The maximum Gasteiger partial charge on any atom is 0.247 e. The van der Waals surface area contributed by atoms with Crippen LogP contribution in [0.2, 0.25) is 0 Å². The van der Waals surface area contributed by atoms with Crippen molar-refractivity contribution in [3.05, 3.63) is 0 Å². The Kier molecular flexibility index (Phi) is 4.08. The number of aliphatic hydroxyl groups is 1. The van der Waals surface area contributed by atoms with Crippen molar-refractivity contribution in [2.45, 2.75) is 26.3 Å². The Hall–Kier alpha value is -1.10. The zero-order valence-corrected chi connectivity index (χ0v) is 9.19. The molecule has 0 aromatic heterocycles. The maximum absolute atomic E-state index is 11.7. The van der Waals surface area contributed by atoms with Crippen LogP contribution in [-0.4, -0.2) is 47.6 Å². The second kappa shape index (κ2) is 5.11. The first-order chi connectivity index (χ1) is 7.08. The highest BCUT2D eigenvalue weighted by Crippen LogP contribution is 2.19. The molecule has 5 heteroatoms. The molecule has 0 radical (unpaired) electrons. The van der Waals surface area contributed by atoms with Crippen LogP contribution in [0, 0.1) is 5.92 Å². The van der Waals surface area contributed by atoms with Crippen LogP contribution >= 0.6 is 0 Å². The molecule has 0 spiro atoms. The second-order valence-electron chi connectivity index (χ2n) is 3.95. The van der Waals surface area contributed by atoms with Gasteiger partial charge >= 0.3 is 0 Å². The third-order valence-electron chi connectivity index (χ3n) is 2.70. The van der Waals surface area contributed by atoms with E-state index in [1.807, 2.05) is 0 Å². The van der Waals surface area contributed by atoms with E-state index in [0.29, 0.717) is 5.92 Å². The molecule has 15 heavy (non-hydrogen) atoms. The molecule has 2 N–H and O–H groups in total. The summed E-state index contributed by atoms with van der Waals surface area (Å²) < 4.78 is 0. The number of amides is 2. The van der Waals surface area contributed by atoms with Gasteiger partial charge in [-0.1, -0.05) is 6.92 Å². The van der Waals surface area contributed by atoms with Crippen LogP contribution in [0.4, 0.5) is 0 Å². The molecule has 0 saturated carbocycles. The van der Waals surface area contributed by atoms with E-state index < -0.39 is 6.04 Å². The van der Waals surface area contributed by atoms with Crippen LogP contribution in [0.25, 0.3) is 0 Å². The summed E-state index contributed by atoms with van der Waals surface area (Å²) >= 11 is 0. The van der Waals surface area contributed by atoms with Crippen LogP contribution < -0.4 is 5.32 Å². The van der Waals surface area contributed by atoms with E-state index in [-0.39, 0.29) is 18.4 Å². The van der Waals surface area contributed by atoms with Crippen LogP contribution in [0.15, 0.2) is 0 Å².